The summed E-state index contributed by atoms with van der Waals surface area (Å²) in [6.45, 7) is 5.14. The number of likely N-dealkylation sites (N-methyl/N-ethyl adjacent to an activating group) is 1. The Bertz CT molecular complexity index is 1370. The van der Waals surface area contributed by atoms with Gasteiger partial charge < -0.3 is 9.47 Å². The normalized spacial score (nSPS) is 11.1. The number of amides is 1. The van der Waals surface area contributed by atoms with E-state index in [2.05, 4.69) is 4.98 Å². The second-order valence-electron chi connectivity index (χ2n) is 7.84. The molecule has 2 aromatic carbocycles. The molecule has 0 atom stereocenters. The molecule has 0 unspecified atom stereocenters. The molecule has 0 radical (unpaired) electrons. The number of carbonyl (C=O) groups excluding carboxylic acids is 1. The van der Waals surface area contributed by atoms with Crippen molar-refractivity contribution in [1.29, 1.82) is 0 Å². The molecule has 0 saturated carbocycles. The van der Waals surface area contributed by atoms with Crippen LogP contribution in [-0.4, -0.2) is 42.6 Å². The molecular weight excluding hydrogens is 418 g/mol. The van der Waals surface area contributed by atoms with Crippen LogP contribution in [0.15, 0.2) is 76.6 Å². The Morgan fingerprint density at radius 1 is 0.848 bits per heavy atom. The van der Waals surface area contributed by atoms with Crippen LogP contribution in [0.2, 0.25) is 0 Å². The molecule has 8 nitrogen and oxygen atoms in total. The molecule has 0 spiro atoms. The standard InChI is InChI=1S/C25H27N5O3/c1-3-27(4-2)21(31)17-30-24(32)22-23(26-18-28(22)15-19-11-7-5-8-12-19)29(25(30)33)16-20-13-9-6-10-14-20/h5-14,18H,3-4,15-17H2,1-2H3. The SMILES string of the molecule is CCN(CC)C(=O)Cn1c(=O)c2c(ncn2Cc2ccccc2)n(Cc2ccccc2)c1=O. The van der Waals surface area contributed by atoms with Crippen LogP contribution in [0.4, 0.5) is 0 Å². The summed E-state index contributed by atoms with van der Waals surface area (Å²) in [6, 6.07) is 19.2. The van der Waals surface area contributed by atoms with E-state index in [0.717, 1.165) is 15.7 Å². The van der Waals surface area contributed by atoms with E-state index in [4.69, 9.17) is 0 Å². The summed E-state index contributed by atoms with van der Waals surface area (Å²) in [6.07, 6.45) is 1.58. The predicted octanol–water partition coefficient (Wildman–Crippen LogP) is 2.32. The van der Waals surface area contributed by atoms with E-state index in [9.17, 15) is 14.4 Å². The molecule has 0 bridgehead atoms. The Hall–Kier alpha value is -3.94. The number of hydrogen-bond acceptors (Lipinski definition) is 4. The van der Waals surface area contributed by atoms with Gasteiger partial charge in [-0.2, -0.15) is 0 Å². The third kappa shape index (κ3) is 4.50. The number of imidazole rings is 1. The van der Waals surface area contributed by atoms with Gasteiger partial charge >= 0.3 is 5.69 Å². The van der Waals surface area contributed by atoms with Crippen molar-refractivity contribution in [2.24, 2.45) is 0 Å². The first-order valence-corrected chi connectivity index (χ1v) is 11.1. The van der Waals surface area contributed by atoms with Crippen molar-refractivity contribution in [3.8, 4) is 0 Å². The highest BCUT2D eigenvalue weighted by molar-refractivity contribution is 5.77. The second-order valence-corrected chi connectivity index (χ2v) is 7.84. The highest BCUT2D eigenvalue weighted by atomic mass is 16.2. The van der Waals surface area contributed by atoms with Gasteiger partial charge in [-0.15, -0.1) is 0 Å². The van der Waals surface area contributed by atoms with Gasteiger partial charge in [0.2, 0.25) is 5.91 Å². The minimum atomic E-state index is -0.540. The van der Waals surface area contributed by atoms with E-state index < -0.39 is 11.2 Å². The number of rotatable bonds is 8. The van der Waals surface area contributed by atoms with Gasteiger partial charge in [0.1, 0.15) is 6.54 Å². The third-order valence-electron chi connectivity index (χ3n) is 5.77. The Kier molecular flexibility index (Phi) is 6.53. The topological polar surface area (TPSA) is 82.1 Å². The molecule has 33 heavy (non-hydrogen) atoms. The van der Waals surface area contributed by atoms with Gasteiger partial charge in [-0.1, -0.05) is 60.7 Å². The van der Waals surface area contributed by atoms with Gasteiger partial charge in [-0.05, 0) is 25.0 Å². The number of hydrogen-bond donors (Lipinski definition) is 0. The average Bonchev–Trinajstić information content (AvgIpc) is 3.25. The summed E-state index contributed by atoms with van der Waals surface area (Å²) < 4.78 is 4.25. The molecular formula is C25H27N5O3. The van der Waals surface area contributed by atoms with Crippen molar-refractivity contribution >= 4 is 17.1 Å². The lowest BCUT2D eigenvalue weighted by atomic mass is 10.2. The van der Waals surface area contributed by atoms with E-state index in [1.54, 1.807) is 15.8 Å². The maximum absolute atomic E-state index is 13.5. The maximum Gasteiger partial charge on any atom is 0.333 e. The van der Waals surface area contributed by atoms with Crippen molar-refractivity contribution in [3.05, 3.63) is 99.0 Å². The minimum Gasteiger partial charge on any atom is -0.342 e. The number of aromatic nitrogens is 4. The van der Waals surface area contributed by atoms with Crippen LogP contribution in [-0.2, 0) is 24.4 Å². The maximum atomic E-state index is 13.5. The fraction of sp³-hybridized carbons (Fsp3) is 0.280. The molecule has 0 fully saturated rings. The van der Waals surface area contributed by atoms with Crippen LogP contribution in [0.1, 0.15) is 25.0 Å². The van der Waals surface area contributed by atoms with E-state index >= 15 is 0 Å². The molecule has 2 heterocycles. The molecule has 0 aliphatic rings. The molecule has 0 aliphatic carbocycles. The molecule has 0 N–H and O–H groups in total. The van der Waals surface area contributed by atoms with Crippen molar-refractivity contribution in [2.75, 3.05) is 13.1 Å². The number of carbonyl (C=O) groups is 1. The first-order valence-electron chi connectivity index (χ1n) is 11.1. The number of benzene rings is 2. The van der Waals surface area contributed by atoms with Gasteiger partial charge in [0, 0.05) is 19.6 Å². The lowest BCUT2D eigenvalue weighted by Gasteiger charge is -2.19. The predicted molar refractivity (Wildman–Crippen MR) is 127 cm³/mol. The molecule has 170 valence electrons. The highest BCUT2D eigenvalue weighted by Gasteiger charge is 2.21. The van der Waals surface area contributed by atoms with E-state index in [0.29, 0.717) is 30.8 Å². The summed E-state index contributed by atoms with van der Waals surface area (Å²) in [5.74, 6) is -0.265. The smallest absolute Gasteiger partial charge is 0.333 e. The van der Waals surface area contributed by atoms with Crippen molar-refractivity contribution in [3.63, 3.8) is 0 Å². The third-order valence-corrected chi connectivity index (χ3v) is 5.77. The molecule has 2 aromatic heterocycles. The monoisotopic (exact) mass is 445 g/mol. The first kappa shape index (κ1) is 22.3. The second kappa shape index (κ2) is 9.68. The van der Waals surface area contributed by atoms with Crippen LogP contribution in [0.25, 0.3) is 11.2 Å². The summed E-state index contributed by atoms with van der Waals surface area (Å²) in [5, 5.41) is 0. The molecule has 1 amide bonds. The zero-order valence-electron chi connectivity index (χ0n) is 18.8. The highest BCUT2D eigenvalue weighted by Crippen LogP contribution is 2.12. The zero-order chi connectivity index (χ0) is 23.4. The first-order chi connectivity index (χ1) is 16.0. The summed E-state index contributed by atoms with van der Waals surface area (Å²) in [7, 11) is 0. The van der Waals surface area contributed by atoms with Crippen molar-refractivity contribution < 1.29 is 4.79 Å². The van der Waals surface area contributed by atoms with Crippen LogP contribution in [0, 0.1) is 0 Å². The molecule has 4 rings (SSSR count). The molecule has 4 aromatic rings. The van der Waals surface area contributed by atoms with E-state index in [1.165, 1.54) is 4.57 Å². The Balaban J connectivity index is 1.88. The molecule has 0 aliphatic heterocycles. The average molecular weight is 446 g/mol. The summed E-state index contributed by atoms with van der Waals surface area (Å²) in [4.78, 5) is 45.7. The van der Waals surface area contributed by atoms with Gasteiger partial charge in [-0.25, -0.2) is 14.3 Å². The number of fused-ring (bicyclic) bond motifs is 1. The Labute approximate surface area is 191 Å². The fourth-order valence-corrected chi connectivity index (χ4v) is 4.00. The van der Waals surface area contributed by atoms with Gasteiger partial charge in [0.05, 0.1) is 12.9 Å². The van der Waals surface area contributed by atoms with Crippen LogP contribution in [0.5, 0.6) is 0 Å². The van der Waals surface area contributed by atoms with Gasteiger partial charge in [0.15, 0.2) is 11.2 Å². The zero-order valence-corrected chi connectivity index (χ0v) is 18.8. The fourth-order valence-electron chi connectivity index (χ4n) is 4.00. The molecule has 0 saturated heterocycles. The Morgan fingerprint density at radius 2 is 1.42 bits per heavy atom. The van der Waals surface area contributed by atoms with Crippen LogP contribution < -0.4 is 11.2 Å². The van der Waals surface area contributed by atoms with Gasteiger partial charge in [0.25, 0.3) is 5.56 Å². The largest absolute Gasteiger partial charge is 0.342 e. The quantitative estimate of drug-likeness (QED) is 0.417. The minimum absolute atomic E-state index is 0.248. The lowest BCUT2D eigenvalue weighted by molar-refractivity contribution is -0.131. The van der Waals surface area contributed by atoms with Crippen LogP contribution >= 0.6 is 0 Å². The molecule has 8 heteroatoms. The Morgan fingerprint density at radius 3 is 2.00 bits per heavy atom. The van der Waals surface area contributed by atoms with Gasteiger partial charge in [-0.3, -0.25) is 14.2 Å². The van der Waals surface area contributed by atoms with E-state index in [-0.39, 0.29) is 19.0 Å². The lowest BCUT2D eigenvalue weighted by Crippen LogP contribution is -2.45. The van der Waals surface area contributed by atoms with Crippen molar-refractivity contribution in [2.45, 2.75) is 33.5 Å². The summed E-state index contributed by atoms with van der Waals surface area (Å²) >= 11 is 0. The van der Waals surface area contributed by atoms with E-state index in [1.807, 2.05) is 74.5 Å². The van der Waals surface area contributed by atoms with Crippen molar-refractivity contribution in [1.82, 2.24) is 23.6 Å². The van der Waals surface area contributed by atoms with Crippen LogP contribution in [0.3, 0.4) is 0 Å². The summed E-state index contributed by atoms with van der Waals surface area (Å²) in [5.41, 5.74) is 1.48. The number of nitrogens with zero attached hydrogens (tertiary/aromatic N) is 5.